The van der Waals surface area contributed by atoms with Crippen molar-refractivity contribution >= 4 is 18.3 Å². The van der Waals surface area contributed by atoms with Crippen molar-refractivity contribution in [3.05, 3.63) is 23.8 Å². The van der Waals surface area contributed by atoms with E-state index in [9.17, 15) is 0 Å². The highest BCUT2D eigenvalue weighted by molar-refractivity contribution is 7.80. The number of anilines is 1. The van der Waals surface area contributed by atoms with Crippen LogP contribution in [-0.4, -0.2) is 0 Å². The Hall–Kier alpha value is -1.14. The lowest BCUT2D eigenvalue weighted by Crippen LogP contribution is -1.85. The molecule has 0 spiro atoms. The third kappa shape index (κ3) is 1.23. The van der Waals surface area contributed by atoms with Gasteiger partial charge in [0.1, 0.15) is 6.07 Å². The van der Waals surface area contributed by atoms with Gasteiger partial charge >= 0.3 is 0 Å². The summed E-state index contributed by atoms with van der Waals surface area (Å²) in [5, 5.41) is 8.47. The Labute approximate surface area is 64.7 Å². The summed E-state index contributed by atoms with van der Waals surface area (Å²) in [6, 6.07) is 6.97. The lowest BCUT2D eigenvalue weighted by Gasteiger charge is -1.95. The van der Waals surface area contributed by atoms with Gasteiger partial charge in [0.25, 0.3) is 0 Å². The third-order valence-electron chi connectivity index (χ3n) is 1.14. The topological polar surface area (TPSA) is 49.8 Å². The molecule has 10 heavy (non-hydrogen) atoms. The van der Waals surface area contributed by atoms with Crippen LogP contribution in [0.15, 0.2) is 23.1 Å². The Morgan fingerprint density at radius 2 is 2.20 bits per heavy atom. The highest BCUT2D eigenvalue weighted by Crippen LogP contribution is 2.15. The number of nitrogens with zero attached hydrogens (tertiary/aromatic N) is 1. The molecular formula is C7H6N2S. The van der Waals surface area contributed by atoms with E-state index < -0.39 is 0 Å². The lowest BCUT2D eigenvalue weighted by molar-refractivity contribution is 1.38. The summed E-state index contributed by atoms with van der Waals surface area (Å²) in [5.41, 5.74) is 6.61. The Kier molecular flexibility index (Phi) is 1.83. The molecule has 1 rings (SSSR count). The van der Waals surface area contributed by atoms with Crippen LogP contribution in [0, 0.1) is 11.3 Å². The highest BCUT2D eigenvalue weighted by Gasteiger charge is 1.95. The fourth-order valence-corrected chi connectivity index (χ4v) is 0.917. The van der Waals surface area contributed by atoms with Gasteiger partial charge in [0, 0.05) is 10.6 Å². The van der Waals surface area contributed by atoms with Crippen molar-refractivity contribution in [3.63, 3.8) is 0 Å². The van der Waals surface area contributed by atoms with E-state index in [1.807, 2.05) is 6.07 Å². The smallest absolute Gasteiger partial charge is 0.100 e. The first-order valence-electron chi connectivity index (χ1n) is 2.72. The second-order valence-corrected chi connectivity index (χ2v) is 2.37. The van der Waals surface area contributed by atoms with Crippen molar-refractivity contribution in [2.24, 2.45) is 0 Å². The highest BCUT2D eigenvalue weighted by atomic mass is 32.1. The largest absolute Gasteiger partial charge is 0.399 e. The normalized spacial score (nSPS) is 8.80. The molecule has 1 aromatic rings. The van der Waals surface area contributed by atoms with E-state index in [0.717, 1.165) is 0 Å². The molecule has 0 unspecified atom stereocenters. The molecule has 0 aromatic heterocycles. The molecule has 0 bridgehead atoms. The average Bonchev–Trinajstić information content (AvgIpc) is 1.88. The summed E-state index contributed by atoms with van der Waals surface area (Å²) in [4.78, 5) is 0.627. The van der Waals surface area contributed by atoms with Gasteiger partial charge in [0.2, 0.25) is 0 Å². The number of hydrogen-bond acceptors (Lipinski definition) is 3. The number of hydrogen-bond donors (Lipinski definition) is 2. The maximum Gasteiger partial charge on any atom is 0.100 e. The zero-order chi connectivity index (χ0) is 7.56. The maximum atomic E-state index is 8.47. The standard InChI is InChI=1S/C7H6N2S/c8-4-5-1-2-6(9)3-7(5)10/h1-3,10H,9H2. The van der Waals surface area contributed by atoms with Gasteiger partial charge in [-0.25, -0.2) is 0 Å². The number of nitrogen functional groups attached to an aromatic ring is 1. The van der Waals surface area contributed by atoms with Gasteiger partial charge in [-0.3, -0.25) is 0 Å². The van der Waals surface area contributed by atoms with Crippen molar-refractivity contribution in [3.8, 4) is 6.07 Å². The van der Waals surface area contributed by atoms with E-state index in [0.29, 0.717) is 16.1 Å². The third-order valence-corrected chi connectivity index (χ3v) is 1.51. The molecule has 0 heterocycles. The van der Waals surface area contributed by atoms with Crippen LogP contribution < -0.4 is 5.73 Å². The van der Waals surface area contributed by atoms with Gasteiger partial charge in [0.05, 0.1) is 5.56 Å². The molecule has 0 saturated carbocycles. The monoisotopic (exact) mass is 150 g/mol. The summed E-state index contributed by atoms with van der Waals surface area (Å²) in [6.45, 7) is 0. The Bertz CT molecular complexity index is 288. The van der Waals surface area contributed by atoms with Gasteiger partial charge in [-0.2, -0.15) is 5.26 Å². The van der Waals surface area contributed by atoms with Gasteiger partial charge in [-0.05, 0) is 18.2 Å². The van der Waals surface area contributed by atoms with E-state index in [1.165, 1.54) is 0 Å². The first kappa shape index (κ1) is 6.97. The van der Waals surface area contributed by atoms with Crippen LogP contribution in [0.4, 0.5) is 5.69 Å². The molecule has 0 atom stereocenters. The van der Waals surface area contributed by atoms with Crippen molar-refractivity contribution < 1.29 is 0 Å². The fraction of sp³-hybridized carbons (Fsp3) is 0. The number of rotatable bonds is 0. The zero-order valence-corrected chi connectivity index (χ0v) is 6.10. The molecule has 2 nitrogen and oxygen atoms in total. The molecule has 0 radical (unpaired) electrons. The summed E-state index contributed by atoms with van der Waals surface area (Å²) in [5.74, 6) is 0. The second-order valence-electron chi connectivity index (χ2n) is 1.89. The van der Waals surface area contributed by atoms with E-state index in [4.69, 9.17) is 11.0 Å². The van der Waals surface area contributed by atoms with Gasteiger partial charge in [-0.15, -0.1) is 12.6 Å². The molecule has 1 aromatic carbocycles. The van der Waals surface area contributed by atoms with Gasteiger partial charge in [0.15, 0.2) is 0 Å². The summed E-state index contributed by atoms with van der Waals surface area (Å²) in [6.07, 6.45) is 0. The lowest BCUT2D eigenvalue weighted by atomic mass is 10.2. The quantitative estimate of drug-likeness (QED) is 0.434. The van der Waals surface area contributed by atoms with E-state index >= 15 is 0 Å². The molecule has 50 valence electrons. The molecule has 0 aliphatic carbocycles. The zero-order valence-electron chi connectivity index (χ0n) is 5.20. The number of nitriles is 1. The van der Waals surface area contributed by atoms with Crippen LogP contribution in [0.2, 0.25) is 0 Å². The first-order valence-corrected chi connectivity index (χ1v) is 3.17. The van der Waals surface area contributed by atoms with Gasteiger partial charge < -0.3 is 5.73 Å². The van der Waals surface area contributed by atoms with Crippen molar-refractivity contribution in [2.75, 3.05) is 5.73 Å². The van der Waals surface area contributed by atoms with Crippen LogP contribution in [0.25, 0.3) is 0 Å². The SMILES string of the molecule is N#Cc1ccc(N)cc1S. The number of nitrogens with two attached hydrogens (primary N) is 1. The molecule has 0 fully saturated rings. The van der Waals surface area contributed by atoms with Gasteiger partial charge in [-0.1, -0.05) is 0 Å². The minimum absolute atomic E-state index is 0.553. The number of thiol groups is 1. The molecule has 0 aliphatic heterocycles. The first-order chi connectivity index (χ1) is 4.74. The Morgan fingerprint density at radius 3 is 2.70 bits per heavy atom. The Morgan fingerprint density at radius 1 is 1.50 bits per heavy atom. The van der Waals surface area contributed by atoms with Crippen LogP contribution in [0.5, 0.6) is 0 Å². The molecule has 0 aliphatic rings. The summed E-state index contributed by atoms with van der Waals surface area (Å²) < 4.78 is 0. The summed E-state index contributed by atoms with van der Waals surface area (Å²) >= 11 is 4.05. The van der Waals surface area contributed by atoms with Crippen LogP contribution in [0.3, 0.4) is 0 Å². The minimum Gasteiger partial charge on any atom is -0.399 e. The van der Waals surface area contributed by atoms with Crippen molar-refractivity contribution in [1.82, 2.24) is 0 Å². The van der Waals surface area contributed by atoms with Crippen LogP contribution in [0.1, 0.15) is 5.56 Å². The summed E-state index contributed by atoms with van der Waals surface area (Å²) in [7, 11) is 0. The average molecular weight is 150 g/mol. The molecule has 2 N–H and O–H groups in total. The minimum atomic E-state index is 0.553. The number of benzene rings is 1. The Balaban J connectivity index is 3.23. The second kappa shape index (κ2) is 2.63. The van der Waals surface area contributed by atoms with E-state index in [2.05, 4.69) is 12.6 Å². The van der Waals surface area contributed by atoms with E-state index in [1.54, 1.807) is 18.2 Å². The van der Waals surface area contributed by atoms with Crippen LogP contribution in [-0.2, 0) is 0 Å². The van der Waals surface area contributed by atoms with E-state index in [-0.39, 0.29) is 0 Å². The van der Waals surface area contributed by atoms with Crippen LogP contribution >= 0.6 is 12.6 Å². The molecule has 0 saturated heterocycles. The van der Waals surface area contributed by atoms with Crippen molar-refractivity contribution in [2.45, 2.75) is 4.90 Å². The predicted molar refractivity (Wildman–Crippen MR) is 42.8 cm³/mol. The maximum absolute atomic E-state index is 8.47. The molecule has 3 heteroatoms. The molecular weight excluding hydrogens is 144 g/mol. The van der Waals surface area contributed by atoms with Crippen molar-refractivity contribution in [1.29, 1.82) is 5.26 Å². The predicted octanol–water partition coefficient (Wildman–Crippen LogP) is 1.43. The molecule has 0 amide bonds. The fourth-order valence-electron chi connectivity index (χ4n) is 0.643.